The molecule has 1 aromatic carbocycles. The first-order valence-corrected chi connectivity index (χ1v) is 10.6. The topological polar surface area (TPSA) is 113 Å². The van der Waals surface area contributed by atoms with Crippen LogP contribution in [0.25, 0.3) is 11.0 Å². The lowest BCUT2D eigenvalue weighted by Gasteiger charge is -2.08. The number of halogens is 2. The Morgan fingerprint density at radius 3 is 2.93 bits per heavy atom. The fourth-order valence-corrected chi connectivity index (χ4v) is 3.86. The highest BCUT2D eigenvalue weighted by atomic mass is 127. The van der Waals surface area contributed by atoms with Crippen LogP contribution >= 0.6 is 34.2 Å². The van der Waals surface area contributed by atoms with Gasteiger partial charge in [-0.1, -0.05) is 46.3 Å². The summed E-state index contributed by atoms with van der Waals surface area (Å²) in [5.74, 6) is -0.458. The van der Waals surface area contributed by atoms with Gasteiger partial charge < -0.3 is 10.4 Å². The van der Waals surface area contributed by atoms with E-state index in [1.54, 1.807) is 10.9 Å². The van der Waals surface area contributed by atoms with Crippen LogP contribution in [0.3, 0.4) is 0 Å². The second-order valence-corrected chi connectivity index (χ2v) is 7.45. The Labute approximate surface area is 179 Å². The van der Waals surface area contributed by atoms with Crippen LogP contribution in [-0.2, 0) is 22.3 Å². The number of carbonyl (C=O) groups is 1. The zero-order valence-electron chi connectivity index (χ0n) is 14.9. The molecule has 0 saturated heterocycles. The van der Waals surface area contributed by atoms with E-state index in [0.29, 0.717) is 42.9 Å². The van der Waals surface area contributed by atoms with Gasteiger partial charge in [0.1, 0.15) is 5.52 Å². The molecule has 2 heterocycles. The Morgan fingerprint density at radius 1 is 1.36 bits per heavy atom. The molecule has 0 saturated carbocycles. The molecule has 0 aliphatic rings. The van der Waals surface area contributed by atoms with Gasteiger partial charge >= 0.3 is 5.97 Å². The third-order valence-electron chi connectivity index (χ3n) is 4.22. The second kappa shape index (κ2) is 9.37. The van der Waals surface area contributed by atoms with E-state index in [2.05, 4.69) is 43.0 Å². The van der Waals surface area contributed by atoms with Gasteiger partial charge in [0.2, 0.25) is 5.95 Å². The van der Waals surface area contributed by atoms with Crippen molar-refractivity contribution < 1.29 is 9.90 Å². The molecule has 0 aliphatic carbocycles. The van der Waals surface area contributed by atoms with E-state index in [9.17, 15) is 9.59 Å². The minimum atomic E-state index is -0.827. The number of H-pyrrole nitrogens is 1. The number of carboxylic acids is 1. The SMILES string of the molecule is O=C(O)CCCCn1ncc2nc(NCc3ccc(Cl)c(CI)c3)[nH]c(=O)c21. The fourth-order valence-electron chi connectivity index (χ4n) is 2.82. The second-order valence-electron chi connectivity index (χ2n) is 6.28. The summed E-state index contributed by atoms with van der Waals surface area (Å²) in [6.45, 7) is 0.969. The van der Waals surface area contributed by atoms with Gasteiger partial charge in [-0.15, -0.1) is 0 Å². The summed E-state index contributed by atoms with van der Waals surface area (Å²) in [6, 6.07) is 5.81. The van der Waals surface area contributed by atoms with E-state index in [-0.39, 0.29) is 12.0 Å². The van der Waals surface area contributed by atoms with Gasteiger partial charge in [0.25, 0.3) is 5.56 Å². The van der Waals surface area contributed by atoms with Crippen LogP contribution in [-0.4, -0.2) is 30.8 Å². The number of hydrogen-bond donors (Lipinski definition) is 3. The molecule has 3 rings (SSSR count). The highest BCUT2D eigenvalue weighted by molar-refractivity contribution is 14.1. The van der Waals surface area contributed by atoms with E-state index in [4.69, 9.17) is 16.7 Å². The first kappa shape index (κ1) is 20.6. The first-order chi connectivity index (χ1) is 13.5. The predicted octanol–water partition coefficient (Wildman–Crippen LogP) is 3.58. The number of nitrogens with one attached hydrogen (secondary N) is 2. The molecule has 0 bridgehead atoms. The number of hydrogen-bond acceptors (Lipinski definition) is 5. The van der Waals surface area contributed by atoms with Gasteiger partial charge in [-0.05, 0) is 30.0 Å². The summed E-state index contributed by atoms with van der Waals surface area (Å²) in [4.78, 5) is 30.2. The maximum absolute atomic E-state index is 12.5. The number of fused-ring (bicyclic) bond motifs is 1. The predicted molar refractivity (Wildman–Crippen MR) is 116 cm³/mol. The Bertz CT molecular complexity index is 1050. The maximum atomic E-state index is 12.5. The van der Waals surface area contributed by atoms with Crippen LogP contribution in [0.15, 0.2) is 29.2 Å². The lowest BCUT2D eigenvalue weighted by atomic mass is 10.1. The Morgan fingerprint density at radius 2 is 2.18 bits per heavy atom. The quantitative estimate of drug-likeness (QED) is 0.228. The maximum Gasteiger partial charge on any atom is 0.303 e. The molecule has 0 atom stereocenters. The van der Waals surface area contributed by atoms with Crippen LogP contribution in [0, 0.1) is 0 Å². The summed E-state index contributed by atoms with van der Waals surface area (Å²) in [7, 11) is 0. The minimum absolute atomic E-state index is 0.103. The highest BCUT2D eigenvalue weighted by Crippen LogP contribution is 2.21. The van der Waals surface area contributed by atoms with Crippen LogP contribution < -0.4 is 10.9 Å². The fraction of sp³-hybridized carbons (Fsp3) is 0.333. The molecule has 0 radical (unpaired) electrons. The standard InChI is InChI=1S/C18H19ClIN5O3/c19-13-5-4-11(7-12(13)8-20)9-21-18-23-14-10-22-25(16(14)17(28)24-18)6-2-1-3-15(26)27/h4-5,7,10H,1-3,6,8-9H2,(H,26,27)(H2,21,23,24,28). The van der Waals surface area contributed by atoms with Crippen molar-refractivity contribution in [2.24, 2.45) is 0 Å². The third-order valence-corrected chi connectivity index (χ3v) is 5.41. The monoisotopic (exact) mass is 515 g/mol. The molecule has 0 spiro atoms. The number of alkyl halides is 1. The number of aromatic nitrogens is 4. The van der Waals surface area contributed by atoms with Crippen molar-refractivity contribution in [3.05, 3.63) is 50.9 Å². The first-order valence-electron chi connectivity index (χ1n) is 8.72. The van der Waals surface area contributed by atoms with Crippen LogP contribution in [0.1, 0.15) is 30.4 Å². The van der Waals surface area contributed by atoms with Gasteiger partial charge in [0.05, 0.1) is 6.20 Å². The molecule has 2 aromatic heterocycles. The van der Waals surface area contributed by atoms with Gasteiger partial charge in [-0.2, -0.15) is 5.10 Å². The van der Waals surface area contributed by atoms with Gasteiger partial charge in [0, 0.05) is 29.0 Å². The molecule has 3 N–H and O–H groups in total. The van der Waals surface area contributed by atoms with E-state index in [1.807, 2.05) is 18.2 Å². The van der Waals surface area contributed by atoms with E-state index in [1.165, 1.54) is 0 Å². The molecule has 0 unspecified atom stereocenters. The number of anilines is 1. The van der Waals surface area contributed by atoms with Crippen LogP contribution in [0.4, 0.5) is 5.95 Å². The van der Waals surface area contributed by atoms with Crippen molar-refractivity contribution >= 4 is 57.1 Å². The Kier molecular flexibility index (Phi) is 6.89. The molecule has 0 aliphatic heterocycles. The Balaban J connectivity index is 1.70. The van der Waals surface area contributed by atoms with Gasteiger partial charge in [-0.3, -0.25) is 19.3 Å². The average Bonchev–Trinajstić information content (AvgIpc) is 3.08. The van der Waals surface area contributed by atoms with E-state index in [0.717, 1.165) is 20.6 Å². The largest absolute Gasteiger partial charge is 0.481 e. The number of nitrogens with zero attached hydrogens (tertiary/aromatic N) is 3. The third kappa shape index (κ3) is 5.02. The lowest BCUT2D eigenvalue weighted by Crippen LogP contribution is -2.16. The highest BCUT2D eigenvalue weighted by Gasteiger charge is 2.11. The van der Waals surface area contributed by atoms with Crippen molar-refractivity contribution in [1.82, 2.24) is 19.7 Å². The van der Waals surface area contributed by atoms with Gasteiger partial charge in [-0.25, -0.2) is 4.98 Å². The average molecular weight is 516 g/mol. The van der Waals surface area contributed by atoms with E-state index < -0.39 is 5.97 Å². The number of aliphatic carboxylic acids is 1. The smallest absolute Gasteiger partial charge is 0.303 e. The summed E-state index contributed by atoms with van der Waals surface area (Å²) in [5.41, 5.74) is 2.69. The molecule has 0 amide bonds. The number of rotatable bonds is 9. The van der Waals surface area contributed by atoms with Crippen LogP contribution in [0.5, 0.6) is 0 Å². The molecular weight excluding hydrogens is 497 g/mol. The van der Waals surface area contributed by atoms with E-state index >= 15 is 0 Å². The van der Waals surface area contributed by atoms with Crippen molar-refractivity contribution in [2.45, 2.75) is 36.8 Å². The zero-order chi connectivity index (χ0) is 20.1. The molecule has 10 heteroatoms. The molecule has 148 valence electrons. The molecular formula is C18H19ClIN5O3. The van der Waals surface area contributed by atoms with Crippen LogP contribution in [0.2, 0.25) is 5.02 Å². The van der Waals surface area contributed by atoms with Crippen molar-refractivity contribution in [3.8, 4) is 0 Å². The Hall–Kier alpha value is -2.14. The minimum Gasteiger partial charge on any atom is -0.481 e. The molecule has 3 aromatic rings. The summed E-state index contributed by atoms with van der Waals surface area (Å²) in [5, 5.41) is 16.8. The summed E-state index contributed by atoms with van der Waals surface area (Å²) in [6.07, 6.45) is 2.80. The summed E-state index contributed by atoms with van der Waals surface area (Å²) >= 11 is 8.40. The number of aromatic amines is 1. The van der Waals surface area contributed by atoms with Crippen molar-refractivity contribution in [3.63, 3.8) is 0 Å². The van der Waals surface area contributed by atoms with Crippen molar-refractivity contribution in [1.29, 1.82) is 0 Å². The molecule has 28 heavy (non-hydrogen) atoms. The number of unbranched alkanes of at least 4 members (excludes halogenated alkanes) is 1. The van der Waals surface area contributed by atoms with Crippen molar-refractivity contribution in [2.75, 3.05) is 5.32 Å². The molecule has 0 fully saturated rings. The van der Waals surface area contributed by atoms with Gasteiger partial charge in [0.15, 0.2) is 5.52 Å². The number of aryl methyl sites for hydroxylation is 1. The summed E-state index contributed by atoms with van der Waals surface area (Å²) < 4.78 is 2.38. The number of carboxylic acid groups (broad SMARTS) is 1. The number of benzene rings is 1. The molecule has 8 nitrogen and oxygen atoms in total. The zero-order valence-corrected chi connectivity index (χ0v) is 17.8. The lowest BCUT2D eigenvalue weighted by molar-refractivity contribution is -0.137. The normalized spacial score (nSPS) is 11.1.